The molecule has 2 aromatic rings. The molecule has 2 atom stereocenters. The van der Waals surface area contributed by atoms with Crippen LogP contribution in [0.1, 0.15) is 17.2 Å². The molecule has 0 aromatic heterocycles. The third kappa shape index (κ3) is 6.18. The minimum Gasteiger partial charge on any atom is -0.386 e. The van der Waals surface area contributed by atoms with E-state index in [1.54, 1.807) is 12.1 Å². The summed E-state index contributed by atoms with van der Waals surface area (Å²) in [6.07, 6.45) is -1.21. The second-order valence-corrected chi connectivity index (χ2v) is 9.24. The first kappa shape index (κ1) is 24.0. The molecule has 1 amide bonds. The lowest BCUT2D eigenvalue weighted by Crippen LogP contribution is -2.56. The van der Waals surface area contributed by atoms with Crippen molar-refractivity contribution in [3.05, 3.63) is 59.7 Å². The first-order valence-corrected chi connectivity index (χ1v) is 11.1. The van der Waals surface area contributed by atoms with E-state index in [9.17, 15) is 14.3 Å². The fourth-order valence-corrected chi connectivity index (χ4v) is 3.74. The Balaban J connectivity index is 1.60. The number of benzene rings is 2. The Hall–Kier alpha value is -1.70. The molecule has 3 rings (SSSR count). The average Bonchev–Trinajstić information content (AvgIpc) is 2.73. The smallest absolute Gasteiger partial charge is 0.253 e. The summed E-state index contributed by atoms with van der Waals surface area (Å²) in [6.45, 7) is 2.19. The Bertz CT molecular complexity index is 856. The van der Waals surface area contributed by atoms with E-state index in [0.29, 0.717) is 11.6 Å². The first-order valence-electron chi connectivity index (χ1n) is 10.2. The van der Waals surface area contributed by atoms with Gasteiger partial charge >= 0.3 is 0 Å². The number of halogens is 3. The quantitative estimate of drug-likeness (QED) is 0.555. The molecular weight excluding hydrogens is 440 g/mol. The summed E-state index contributed by atoms with van der Waals surface area (Å²) in [7, 11) is 4.23. The van der Waals surface area contributed by atoms with Crippen LogP contribution in [0.4, 0.5) is 4.39 Å². The van der Waals surface area contributed by atoms with Crippen molar-refractivity contribution in [3.8, 4) is 11.1 Å². The zero-order chi connectivity index (χ0) is 22.5. The van der Waals surface area contributed by atoms with E-state index in [-0.39, 0.29) is 0 Å². The van der Waals surface area contributed by atoms with Gasteiger partial charge in [0.15, 0.2) is 4.84 Å². The number of aliphatic hydroxyl groups is 1. The number of aliphatic hydroxyl groups excluding tert-OH is 1. The highest BCUT2D eigenvalue weighted by Crippen LogP contribution is 2.25. The predicted octanol–water partition coefficient (Wildman–Crippen LogP) is 3.39. The van der Waals surface area contributed by atoms with Crippen LogP contribution in [-0.4, -0.2) is 71.6 Å². The van der Waals surface area contributed by atoms with Gasteiger partial charge in [-0.1, -0.05) is 71.7 Å². The maximum atomic E-state index is 13.3. The molecule has 168 valence electrons. The van der Waals surface area contributed by atoms with Crippen molar-refractivity contribution in [3.63, 3.8) is 0 Å². The Morgan fingerprint density at radius 3 is 2.16 bits per heavy atom. The maximum Gasteiger partial charge on any atom is 0.253 e. The van der Waals surface area contributed by atoms with Gasteiger partial charge in [-0.15, -0.1) is 0 Å². The van der Waals surface area contributed by atoms with Gasteiger partial charge in [-0.3, -0.25) is 9.69 Å². The van der Waals surface area contributed by atoms with Crippen LogP contribution in [-0.2, 0) is 11.3 Å². The lowest BCUT2D eigenvalue weighted by molar-refractivity contribution is -0.121. The average molecular weight is 468 g/mol. The van der Waals surface area contributed by atoms with E-state index in [0.717, 1.165) is 30.8 Å². The van der Waals surface area contributed by atoms with Crippen LogP contribution in [0.5, 0.6) is 0 Å². The molecule has 1 aliphatic heterocycles. The molecule has 8 heteroatoms. The van der Waals surface area contributed by atoms with Crippen molar-refractivity contribution >= 4 is 29.1 Å². The second-order valence-electron chi connectivity index (χ2n) is 8.15. The Kier molecular flexibility index (Phi) is 8.30. The van der Waals surface area contributed by atoms with Gasteiger partial charge in [0.2, 0.25) is 0 Å². The summed E-state index contributed by atoms with van der Waals surface area (Å²) in [4.78, 5) is 15.0. The molecule has 2 N–H and O–H groups in total. The van der Waals surface area contributed by atoms with Crippen LogP contribution in [0.15, 0.2) is 48.5 Å². The molecule has 31 heavy (non-hydrogen) atoms. The number of nitrogens with zero attached hydrogens (tertiary/aromatic N) is 2. The fourth-order valence-electron chi connectivity index (χ4n) is 3.61. The standard InChI is InChI=1S/C23H28Cl2FN3O2/c1-28(2)19-13-29(14-19)12-15-3-5-16(6-4-15)17-7-9-18(10-8-17)21(30)20(11-26)27-23(31)22(24)25/h3-10,19-22,30H,11-14H2,1-2H3,(H,27,31). The molecular formula is C23H28Cl2FN3O2. The molecule has 1 aliphatic rings. The molecule has 0 radical (unpaired) electrons. The van der Waals surface area contributed by atoms with Crippen molar-refractivity contribution in [1.82, 2.24) is 15.1 Å². The zero-order valence-electron chi connectivity index (χ0n) is 17.6. The molecule has 1 fully saturated rings. The van der Waals surface area contributed by atoms with Crippen molar-refractivity contribution < 1.29 is 14.3 Å². The third-order valence-electron chi connectivity index (χ3n) is 5.69. The normalized spacial score (nSPS) is 16.9. The number of nitrogens with one attached hydrogen (secondary N) is 1. The van der Waals surface area contributed by atoms with Crippen LogP contribution >= 0.6 is 23.2 Å². The van der Waals surface area contributed by atoms with Crippen LogP contribution in [0.3, 0.4) is 0 Å². The van der Waals surface area contributed by atoms with Crippen LogP contribution in [0.25, 0.3) is 11.1 Å². The summed E-state index contributed by atoms with van der Waals surface area (Å²) in [5.41, 5.74) is 3.81. The Morgan fingerprint density at radius 2 is 1.68 bits per heavy atom. The van der Waals surface area contributed by atoms with E-state index >= 15 is 0 Å². The number of rotatable bonds is 9. The molecule has 1 saturated heterocycles. The minimum absolute atomic E-state index is 0.497. The predicted molar refractivity (Wildman–Crippen MR) is 123 cm³/mol. The topological polar surface area (TPSA) is 55.8 Å². The summed E-state index contributed by atoms with van der Waals surface area (Å²) >= 11 is 11.0. The molecule has 0 bridgehead atoms. The van der Waals surface area contributed by atoms with Gasteiger partial charge in [0.1, 0.15) is 12.8 Å². The molecule has 1 heterocycles. The second kappa shape index (κ2) is 10.7. The number of alkyl halides is 3. The van der Waals surface area contributed by atoms with E-state index in [1.807, 2.05) is 12.1 Å². The third-order valence-corrected chi connectivity index (χ3v) is 6.08. The van der Waals surface area contributed by atoms with Gasteiger partial charge in [-0.2, -0.15) is 0 Å². The van der Waals surface area contributed by atoms with Crippen LogP contribution in [0.2, 0.25) is 0 Å². The lowest BCUT2D eigenvalue weighted by atomic mass is 9.98. The van der Waals surface area contributed by atoms with Gasteiger partial charge in [0.05, 0.1) is 6.04 Å². The van der Waals surface area contributed by atoms with Crippen LogP contribution in [0, 0.1) is 0 Å². The molecule has 0 spiro atoms. The molecule has 0 saturated carbocycles. The minimum atomic E-state index is -1.32. The first-order chi connectivity index (χ1) is 14.8. The van der Waals surface area contributed by atoms with Gasteiger partial charge in [0, 0.05) is 25.7 Å². The largest absolute Gasteiger partial charge is 0.386 e. The van der Waals surface area contributed by atoms with E-state index in [4.69, 9.17) is 23.2 Å². The molecule has 5 nitrogen and oxygen atoms in total. The van der Waals surface area contributed by atoms with E-state index in [1.165, 1.54) is 5.56 Å². The lowest BCUT2D eigenvalue weighted by Gasteiger charge is -2.42. The fraction of sp³-hybridized carbons (Fsp3) is 0.435. The van der Waals surface area contributed by atoms with Crippen molar-refractivity contribution in [2.45, 2.75) is 29.6 Å². The van der Waals surface area contributed by atoms with Gasteiger partial charge in [0.25, 0.3) is 5.91 Å². The summed E-state index contributed by atoms with van der Waals surface area (Å²) in [5, 5.41) is 12.7. The van der Waals surface area contributed by atoms with Crippen LogP contribution < -0.4 is 5.32 Å². The zero-order valence-corrected chi connectivity index (χ0v) is 19.2. The van der Waals surface area contributed by atoms with Crippen molar-refractivity contribution in [2.24, 2.45) is 0 Å². The highest BCUT2D eigenvalue weighted by molar-refractivity contribution is 6.53. The highest BCUT2D eigenvalue weighted by Gasteiger charge is 2.28. The number of likely N-dealkylation sites (tertiary alicyclic amines) is 1. The number of hydrogen-bond acceptors (Lipinski definition) is 4. The maximum absolute atomic E-state index is 13.3. The number of amides is 1. The number of likely N-dealkylation sites (N-methyl/N-ethyl adjacent to an activating group) is 1. The van der Waals surface area contributed by atoms with E-state index < -0.39 is 29.6 Å². The molecule has 0 aliphatic carbocycles. The summed E-state index contributed by atoms with van der Waals surface area (Å²) in [6, 6.07) is 15.1. The summed E-state index contributed by atoms with van der Waals surface area (Å²) in [5.74, 6) is -0.739. The van der Waals surface area contributed by atoms with Crippen molar-refractivity contribution in [2.75, 3.05) is 33.9 Å². The van der Waals surface area contributed by atoms with E-state index in [2.05, 4.69) is 53.5 Å². The summed E-state index contributed by atoms with van der Waals surface area (Å²) < 4.78 is 13.3. The molecule has 2 unspecified atom stereocenters. The van der Waals surface area contributed by atoms with Gasteiger partial charge in [-0.05, 0) is 36.3 Å². The van der Waals surface area contributed by atoms with Crippen molar-refractivity contribution in [1.29, 1.82) is 0 Å². The number of carbonyl (C=O) groups excluding carboxylic acids is 1. The number of carbonyl (C=O) groups is 1. The van der Waals surface area contributed by atoms with Gasteiger partial charge in [-0.25, -0.2) is 4.39 Å². The van der Waals surface area contributed by atoms with Gasteiger partial charge < -0.3 is 15.3 Å². The Morgan fingerprint density at radius 1 is 1.13 bits per heavy atom. The number of hydrogen-bond donors (Lipinski definition) is 2. The highest BCUT2D eigenvalue weighted by atomic mass is 35.5. The Labute approximate surface area is 192 Å². The SMILES string of the molecule is CN(C)C1CN(Cc2ccc(-c3ccc(C(O)C(CF)NC(=O)C(Cl)Cl)cc3)cc2)C1. The molecule has 2 aromatic carbocycles. The monoisotopic (exact) mass is 467 g/mol.